The first-order valence-corrected chi connectivity index (χ1v) is 9.76. The molecule has 154 valence electrons. The largest absolute Gasteiger partial charge is 0.493 e. The van der Waals surface area contributed by atoms with E-state index in [0.717, 1.165) is 19.3 Å². The van der Waals surface area contributed by atoms with Gasteiger partial charge in [0.2, 0.25) is 5.91 Å². The summed E-state index contributed by atoms with van der Waals surface area (Å²) in [6, 6.07) is 3.43. The van der Waals surface area contributed by atoms with E-state index >= 15 is 0 Å². The number of rotatable bonds is 10. The fourth-order valence-electron chi connectivity index (χ4n) is 3.12. The van der Waals surface area contributed by atoms with Crippen LogP contribution in [-0.4, -0.2) is 35.7 Å². The Morgan fingerprint density at radius 1 is 1.14 bits per heavy atom. The first kappa shape index (κ1) is 21.7. The van der Waals surface area contributed by atoms with Gasteiger partial charge in [-0.2, -0.15) is 0 Å². The van der Waals surface area contributed by atoms with Crippen molar-refractivity contribution in [2.75, 3.05) is 14.2 Å². The van der Waals surface area contributed by atoms with Crippen molar-refractivity contribution in [3.8, 4) is 11.5 Å². The highest BCUT2D eigenvalue weighted by Gasteiger charge is 2.12. The summed E-state index contributed by atoms with van der Waals surface area (Å²) in [6.07, 6.45) is 4.92. The van der Waals surface area contributed by atoms with Crippen molar-refractivity contribution in [1.82, 2.24) is 14.9 Å². The van der Waals surface area contributed by atoms with Gasteiger partial charge in [0.25, 0.3) is 5.56 Å². The quantitative estimate of drug-likeness (QED) is 0.675. The minimum Gasteiger partial charge on any atom is -0.493 e. The number of benzene rings is 1. The van der Waals surface area contributed by atoms with Gasteiger partial charge in [0.15, 0.2) is 11.5 Å². The van der Waals surface area contributed by atoms with E-state index in [4.69, 9.17) is 9.47 Å². The van der Waals surface area contributed by atoms with Crippen molar-refractivity contribution >= 4 is 16.8 Å². The summed E-state index contributed by atoms with van der Waals surface area (Å²) < 4.78 is 12.0. The summed E-state index contributed by atoms with van der Waals surface area (Å²) in [4.78, 5) is 29.2. The van der Waals surface area contributed by atoms with Gasteiger partial charge in [-0.1, -0.05) is 26.7 Å². The molecule has 0 unspecified atom stereocenters. The molecular weight excluding hydrogens is 358 g/mol. The van der Waals surface area contributed by atoms with Crippen LogP contribution in [0.25, 0.3) is 10.9 Å². The summed E-state index contributed by atoms with van der Waals surface area (Å²) in [5.41, 5.74) is 0.325. The average molecular weight is 389 g/mol. The van der Waals surface area contributed by atoms with Crippen molar-refractivity contribution in [2.24, 2.45) is 5.92 Å². The third-order valence-corrected chi connectivity index (χ3v) is 4.74. The van der Waals surface area contributed by atoms with Crippen LogP contribution in [0.15, 0.2) is 23.3 Å². The van der Waals surface area contributed by atoms with Gasteiger partial charge in [-0.05, 0) is 25.3 Å². The van der Waals surface area contributed by atoms with Crippen LogP contribution in [0.5, 0.6) is 11.5 Å². The topological polar surface area (TPSA) is 82.5 Å². The highest BCUT2D eigenvalue weighted by atomic mass is 16.5. The standard InChI is InChI=1S/C21H31N3O4/c1-14(2)7-6-8-15(3)23-20(25)9-10-24-13-22-17-12-19(28-5)18(27-4)11-16(17)21(24)26/h11-15H,6-10H2,1-5H3,(H,23,25)/t15-/m0/s1. The third kappa shape index (κ3) is 5.71. The van der Waals surface area contributed by atoms with Crippen LogP contribution in [0.2, 0.25) is 0 Å². The summed E-state index contributed by atoms with van der Waals surface area (Å²) in [5, 5.41) is 3.44. The Morgan fingerprint density at radius 3 is 2.46 bits per heavy atom. The lowest BCUT2D eigenvalue weighted by molar-refractivity contribution is -0.121. The molecule has 7 heteroatoms. The van der Waals surface area contributed by atoms with Crippen LogP contribution in [0.4, 0.5) is 0 Å². The Balaban J connectivity index is 2.01. The van der Waals surface area contributed by atoms with E-state index in [1.807, 2.05) is 6.92 Å². The number of nitrogens with zero attached hydrogens (tertiary/aromatic N) is 2. The molecule has 0 aliphatic heterocycles. The first-order chi connectivity index (χ1) is 13.3. The number of fused-ring (bicyclic) bond motifs is 1. The van der Waals surface area contributed by atoms with Gasteiger partial charge in [-0.15, -0.1) is 0 Å². The molecule has 0 saturated heterocycles. The van der Waals surface area contributed by atoms with Gasteiger partial charge in [-0.3, -0.25) is 14.2 Å². The number of ether oxygens (including phenoxy) is 2. The Labute approximate surface area is 166 Å². The molecule has 0 bridgehead atoms. The SMILES string of the molecule is COc1cc2ncn(CCC(=O)N[C@@H](C)CCCC(C)C)c(=O)c2cc1OC. The molecule has 1 aromatic heterocycles. The van der Waals surface area contributed by atoms with Gasteiger partial charge in [0, 0.05) is 25.1 Å². The lowest BCUT2D eigenvalue weighted by Gasteiger charge is -2.15. The number of methoxy groups -OCH3 is 2. The van der Waals surface area contributed by atoms with Crippen molar-refractivity contribution in [3.63, 3.8) is 0 Å². The number of amides is 1. The van der Waals surface area contributed by atoms with E-state index in [9.17, 15) is 9.59 Å². The number of nitrogens with one attached hydrogen (secondary N) is 1. The normalized spacial score (nSPS) is 12.2. The zero-order valence-corrected chi connectivity index (χ0v) is 17.4. The van der Waals surface area contributed by atoms with Crippen LogP contribution in [0.1, 0.15) is 46.5 Å². The highest BCUT2D eigenvalue weighted by Crippen LogP contribution is 2.29. The second-order valence-corrected chi connectivity index (χ2v) is 7.51. The van der Waals surface area contributed by atoms with Crippen LogP contribution < -0.4 is 20.3 Å². The lowest BCUT2D eigenvalue weighted by atomic mass is 10.0. The molecule has 1 heterocycles. The molecule has 0 aliphatic rings. The molecular formula is C21H31N3O4. The van der Waals surface area contributed by atoms with Crippen LogP contribution >= 0.6 is 0 Å². The highest BCUT2D eigenvalue weighted by molar-refractivity contribution is 5.81. The number of hydrogen-bond donors (Lipinski definition) is 1. The van der Waals surface area contributed by atoms with E-state index in [1.54, 1.807) is 12.1 Å². The molecule has 1 atom stereocenters. The van der Waals surface area contributed by atoms with E-state index in [0.29, 0.717) is 28.3 Å². The van der Waals surface area contributed by atoms with Crippen molar-refractivity contribution in [3.05, 3.63) is 28.8 Å². The van der Waals surface area contributed by atoms with Crippen LogP contribution in [-0.2, 0) is 11.3 Å². The van der Waals surface area contributed by atoms with E-state index in [2.05, 4.69) is 24.1 Å². The number of aryl methyl sites for hydroxylation is 1. The predicted octanol–water partition coefficient (Wildman–Crippen LogP) is 3.13. The monoisotopic (exact) mass is 389 g/mol. The minimum absolute atomic E-state index is 0.0589. The van der Waals surface area contributed by atoms with Crippen LogP contribution in [0, 0.1) is 5.92 Å². The van der Waals surface area contributed by atoms with E-state index in [1.165, 1.54) is 25.1 Å². The number of hydrogen-bond acceptors (Lipinski definition) is 5. The molecule has 0 fully saturated rings. The van der Waals surface area contributed by atoms with Gasteiger partial charge < -0.3 is 14.8 Å². The maximum absolute atomic E-state index is 12.7. The first-order valence-electron chi connectivity index (χ1n) is 9.76. The summed E-state index contributed by atoms with van der Waals surface area (Å²) in [7, 11) is 3.05. The smallest absolute Gasteiger partial charge is 0.261 e. The van der Waals surface area contributed by atoms with Gasteiger partial charge >= 0.3 is 0 Å². The Hall–Kier alpha value is -2.57. The molecule has 7 nitrogen and oxygen atoms in total. The zero-order valence-electron chi connectivity index (χ0n) is 17.4. The molecule has 0 aliphatic carbocycles. The zero-order chi connectivity index (χ0) is 20.7. The molecule has 0 spiro atoms. The average Bonchev–Trinajstić information content (AvgIpc) is 2.66. The second-order valence-electron chi connectivity index (χ2n) is 7.51. The minimum atomic E-state index is -0.205. The molecule has 2 rings (SSSR count). The Kier molecular flexibility index (Phi) is 7.84. The molecule has 0 radical (unpaired) electrons. The Morgan fingerprint density at radius 2 is 1.82 bits per heavy atom. The predicted molar refractivity (Wildman–Crippen MR) is 110 cm³/mol. The maximum atomic E-state index is 12.7. The van der Waals surface area contributed by atoms with Crippen LogP contribution in [0.3, 0.4) is 0 Å². The number of aromatic nitrogens is 2. The Bertz CT molecular complexity index is 861. The maximum Gasteiger partial charge on any atom is 0.261 e. The fraction of sp³-hybridized carbons (Fsp3) is 0.571. The fourth-order valence-corrected chi connectivity index (χ4v) is 3.12. The second kappa shape index (κ2) is 10.1. The van der Waals surface area contributed by atoms with E-state index < -0.39 is 0 Å². The molecule has 1 aromatic carbocycles. The number of carbonyl (C=O) groups excluding carboxylic acids is 1. The van der Waals surface area contributed by atoms with Gasteiger partial charge in [0.1, 0.15) is 0 Å². The third-order valence-electron chi connectivity index (χ3n) is 4.74. The molecule has 0 saturated carbocycles. The van der Waals surface area contributed by atoms with Crippen molar-refractivity contribution in [1.29, 1.82) is 0 Å². The molecule has 28 heavy (non-hydrogen) atoms. The van der Waals surface area contributed by atoms with Gasteiger partial charge in [-0.25, -0.2) is 4.98 Å². The summed E-state index contributed by atoms with van der Waals surface area (Å²) >= 11 is 0. The number of carbonyl (C=O) groups is 1. The van der Waals surface area contributed by atoms with Crippen molar-refractivity contribution in [2.45, 2.75) is 59.0 Å². The molecule has 1 N–H and O–H groups in total. The molecule has 2 aromatic rings. The lowest BCUT2D eigenvalue weighted by Crippen LogP contribution is -2.34. The molecule has 1 amide bonds. The summed E-state index contributed by atoms with van der Waals surface area (Å²) in [6.45, 7) is 6.69. The van der Waals surface area contributed by atoms with Crippen molar-refractivity contribution < 1.29 is 14.3 Å². The summed E-state index contributed by atoms with van der Waals surface area (Å²) in [5.74, 6) is 1.61. The van der Waals surface area contributed by atoms with E-state index in [-0.39, 0.29) is 30.5 Å². The van der Waals surface area contributed by atoms with Gasteiger partial charge in [0.05, 0.1) is 31.4 Å².